The van der Waals surface area contributed by atoms with Crippen molar-refractivity contribution >= 4 is 23.9 Å². The van der Waals surface area contributed by atoms with Gasteiger partial charge in [0.2, 0.25) is 0 Å². The van der Waals surface area contributed by atoms with E-state index in [1.165, 1.54) is 12.1 Å². The van der Waals surface area contributed by atoms with Crippen LogP contribution in [0.15, 0.2) is 24.3 Å². The van der Waals surface area contributed by atoms with E-state index in [4.69, 9.17) is 9.47 Å². The van der Waals surface area contributed by atoms with Crippen LogP contribution in [0.25, 0.3) is 0 Å². The average molecular weight is 378 g/mol. The maximum Gasteiger partial charge on any atom is 0.328 e. The number of urea groups is 1. The van der Waals surface area contributed by atoms with Crippen LogP contribution in [0.5, 0.6) is 5.75 Å². The molecule has 1 fully saturated rings. The molecule has 1 saturated heterocycles. The van der Waals surface area contributed by atoms with E-state index in [1.807, 2.05) is 0 Å². The molecule has 1 atom stereocenters. The van der Waals surface area contributed by atoms with Gasteiger partial charge in [-0.1, -0.05) is 12.1 Å². The quantitative estimate of drug-likeness (QED) is 0.523. The largest absolute Gasteiger partial charge is 0.508 e. The van der Waals surface area contributed by atoms with Crippen LogP contribution in [0.2, 0.25) is 0 Å². The third-order valence-corrected chi connectivity index (χ3v) is 3.97. The van der Waals surface area contributed by atoms with E-state index >= 15 is 0 Å². The normalized spacial score (nSPS) is 16.6. The van der Waals surface area contributed by atoms with Crippen molar-refractivity contribution in [3.8, 4) is 5.75 Å². The van der Waals surface area contributed by atoms with E-state index in [9.17, 15) is 24.3 Å². The fraction of sp³-hybridized carbons (Fsp3) is 0.444. The molecule has 0 radical (unpaired) electrons. The van der Waals surface area contributed by atoms with Gasteiger partial charge >= 0.3 is 18.0 Å². The Morgan fingerprint density at radius 2 is 1.56 bits per heavy atom. The topological polar surface area (TPSA) is 113 Å². The number of imide groups is 1. The van der Waals surface area contributed by atoms with Gasteiger partial charge in [-0.15, -0.1) is 0 Å². The molecule has 9 nitrogen and oxygen atoms in total. The van der Waals surface area contributed by atoms with Crippen molar-refractivity contribution in [3.63, 3.8) is 0 Å². The van der Waals surface area contributed by atoms with Crippen LogP contribution in [0.4, 0.5) is 4.79 Å². The van der Waals surface area contributed by atoms with Crippen LogP contribution in [-0.4, -0.2) is 71.1 Å². The maximum absolute atomic E-state index is 12.7. The first kappa shape index (κ1) is 20.2. The van der Waals surface area contributed by atoms with Crippen LogP contribution in [0.3, 0.4) is 0 Å². The number of hydrogen-bond acceptors (Lipinski definition) is 7. The van der Waals surface area contributed by atoms with Gasteiger partial charge in [-0.05, 0) is 31.5 Å². The van der Waals surface area contributed by atoms with Gasteiger partial charge in [-0.25, -0.2) is 4.79 Å². The van der Waals surface area contributed by atoms with Crippen molar-refractivity contribution < 1.29 is 33.8 Å². The highest BCUT2D eigenvalue weighted by molar-refractivity contribution is 6.07. The number of phenolic OH excluding ortho intramolecular Hbond substituents is 1. The molecule has 1 heterocycles. The van der Waals surface area contributed by atoms with Crippen molar-refractivity contribution in [1.29, 1.82) is 0 Å². The van der Waals surface area contributed by atoms with Gasteiger partial charge in [0.25, 0.3) is 5.91 Å². The lowest BCUT2D eigenvalue weighted by Gasteiger charge is -2.20. The van der Waals surface area contributed by atoms with Gasteiger partial charge in [-0.2, -0.15) is 0 Å². The Bertz CT molecular complexity index is 717. The van der Waals surface area contributed by atoms with E-state index in [0.29, 0.717) is 5.56 Å². The molecule has 1 aliphatic heterocycles. The average Bonchev–Trinajstić information content (AvgIpc) is 2.82. The van der Waals surface area contributed by atoms with Crippen LogP contribution >= 0.6 is 0 Å². The summed E-state index contributed by atoms with van der Waals surface area (Å²) >= 11 is 0. The van der Waals surface area contributed by atoms with Gasteiger partial charge in [0, 0.05) is 6.42 Å². The Kier molecular flexibility index (Phi) is 6.75. The second kappa shape index (κ2) is 9.02. The van der Waals surface area contributed by atoms with Gasteiger partial charge in [-0.3, -0.25) is 19.3 Å². The van der Waals surface area contributed by atoms with Crippen LogP contribution in [0, 0.1) is 0 Å². The van der Waals surface area contributed by atoms with Crippen molar-refractivity contribution in [1.82, 2.24) is 9.80 Å². The summed E-state index contributed by atoms with van der Waals surface area (Å²) in [5.74, 6) is -1.88. The highest BCUT2D eigenvalue weighted by Gasteiger charge is 2.46. The number of esters is 2. The molecule has 0 unspecified atom stereocenters. The Hall–Kier alpha value is -3.10. The molecule has 0 spiro atoms. The Morgan fingerprint density at radius 3 is 2.11 bits per heavy atom. The molecule has 0 bridgehead atoms. The molecule has 1 N–H and O–H groups in total. The SMILES string of the molecule is CCOC(=O)CN1C(=O)[C@H](Cc2ccc(O)cc2)N(CC(=O)OCC)C1=O. The molecular formula is C18H22N2O7. The van der Waals surface area contributed by atoms with E-state index in [1.54, 1.807) is 26.0 Å². The summed E-state index contributed by atoms with van der Waals surface area (Å²) in [5.41, 5.74) is 0.686. The van der Waals surface area contributed by atoms with Crippen LogP contribution in [-0.2, 0) is 30.3 Å². The highest BCUT2D eigenvalue weighted by atomic mass is 16.5. The molecule has 2 rings (SSSR count). The number of aromatic hydroxyl groups is 1. The number of hydrogen-bond donors (Lipinski definition) is 1. The first-order valence-electron chi connectivity index (χ1n) is 8.58. The van der Waals surface area contributed by atoms with Crippen molar-refractivity contribution in [3.05, 3.63) is 29.8 Å². The third-order valence-electron chi connectivity index (χ3n) is 3.97. The first-order valence-corrected chi connectivity index (χ1v) is 8.58. The number of benzene rings is 1. The number of rotatable bonds is 8. The Balaban J connectivity index is 2.23. The summed E-state index contributed by atoms with van der Waals surface area (Å²) in [5, 5.41) is 9.38. The standard InChI is InChI=1S/C18H22N2O7/c1-3-26-15(22)10-19-14(9-12-5-7-13(21)8-6-12)17(24)20(18(19)25)11-16(23)27-4-2/h5-8,14,21H,3-4,9-11H2,1-2H3/t14-/m0/s1. The van der Waals surface area contributed by atoms with E-state index in [2.05, 4.69) is 0 Å². The number of carbonyl (C=O) groups excluding carboxylic acids is 4. The van der Waals surface area contributed by atoms with E-state index < -0.39 is 43.0 Å². The van der Waals surface area contributed by atoms with Gasteiger partial charge in [0.1, 0.15) is 24.9 Å². The Morgan fingerprint density at radius 1 is 1.00 bits per heavy atom. The fourth-order valence-electron chi connectivity index (χ4n) is 2.75. The smallest absolute Gasteiger partial charge is 0.328 e. The van der Waals surface area contributed by atoms with Crippen molar-refractivity contribution in [2.24, 2.45) is 0 Å². The molecule has 9 heteroatoms. The molecule has 0 aromatic heterocycles. The van der Waals surface area contributed by atoms with E-state index in [-0.39, 0.29) is 25.4 Å². The van der Waals surface area contributed by atoms with Gasteiger partial charge in [0.05, 0.1) is 13.2 Å². The summed E-state index contributed by atoms with van der Waals surface area (Å²) in [4.78, 5) is 50.8. The lowest BCUT2D eigenvalue weighted by Crippen LogP contribution is -2.41. The third kappa shape index (κ3) is 4.96. The number of carbonyl (C=O) groups is 4. The summed E-state index contributed by atoms with van der Waals surface area (Å²) in [7, 11) is 0. The lowest BCUT2D eigenvalue weighted by molar-refractivity contribution is -0.147. The molecule has 0 saturated carbocycles. The molecule has 0 aliphatic carbocycles. The zero-order valence-corrected chi connectivity index (χ0v) is 15.2. The Labute approximate surface area is 156 Å². The molecule has 1 aromatic carbocycles. The second-order valence-corrected chi connectivity index (χ2v) is 5.83. The zero-order chi connectivity index (χ0) is 20.0. The molecule has 146 valence electrons. The summed E-state index contributed by atoms with van der Waals surface area (Å²) in [6.07, 6.45) is 0.129. The number of ether oxygens (including phenoxy) is 2. The summed E-state index contributed by atoms with van der Waals surface area (Å²) in [6, 6.07) is 4.45. The predicted molar refractivity (Wildman–Crippen MR) is 92.7 cm³/mol. The lowest BCUT2D eigenvalue weighted by atomic mass is 10.0. The maximum atomic E-state index is 12.7. The van der Waals surface area contributed by atoms with Crippen LogP contribution in [0.1, 0.15) is 19.4 Å². The minimum atomic E-state index is -0.958. The molecular weight excluding hydrogens is 356 g/mol. The van der Waals surface area contributed by atoms with Crippen molar-refractivity contribution in [2.75, 3.05) is 26.3 Å². The fourth-order valence-corrected chi connectivity index (χ4v) is 2.75. The van der Waals surface area contributed by atoms with Crippen LogP contribution < -0.4 is 0 Å². The molecule has 3 amide bonds. The molecule has 27 heavy (non-hydrogen) atoms. The highest BCUT2D eigenvalue weighted by Crippen LogP contribution is 2.22. The number of phenols is 1. The van der Waals surface area contributed by atoms with Gasteiger partial charge in [0.15, 0.2) is 0 Å². The van der Waals surface area contributed by atoms with Crippen molar-refractivity contribution in [2.45, 2.75) is 26.3 Å². The zero-order valence-electron chi connectivity index (χ0n) is 15.2. The number of nitrogens with zero attached hydrogens (tertiary/aromatic N) is 2. The molecule has 1 aromatic rings. The number of amides is 3. The van der Waals surface area contributed by atoms with Gasteiger partial charge < -0.3 is 19.5 Å². The summed E-state index contributed by atoms with van der Waals surface area (Å²) < 4.78 is 9.67. The summed E-state index contributed by atoms with van der Waals surface area (Å²) in [6.45, 7) is 2.60. The van der Waals surface area contributed by atoms with E-state index in [0.717, 1.165) is 9.80 Å². The second-order valence-electron chi connectivity index (χ2n) is 5.83. The minimum absolute atomic E-state index is 0.0693. The monoisotopic (exact) mass is 378 g/mol. The minimum Gasteiger partial charge on any atom is -0.508 e. The predicted octanol–water partition coefficient (Wildman–Crippen LogP) is 0.694. The first-order chi connectivity index (χ1) is 12.9. The molecule has 1 aliphatic rings.